The lowest BCUT2D eigenvalue weighted by atomic mass is 10.2. The molecule has 2 aromatic carbocycles. The first-order chi connectivity index (χ1) is 12.0. The van der Waals surface area contributed by atoms with E-state index >= 15 is 0 Å². The van der Waals surface area contributed by atoms with Crippen molar-refractivity contribution < 1.29 is 4.39 Å². The Labute approximate surface area is 154 Å². The van der Waals surface area contributed by atoms with E-state index in [0.29, 0.717) is 20.3 Å². The first-order valence-corrected chi connectivity index (χ1v) is 8.71. The number of hydrogen-bond acceptors (Lipinski definition) is 4. The highest BCUT2D eigenvalue weighted by atomic mass is 35.5. The van der Waals surface area contributed by atoms with Gasteiger partial charge in [-0.15, -0.1) is 5.10 Å². The zero-order valence-corrected chi connectivity index (χ0v) is 14.7. The van der Waals surface area contributed by atoms with Crippen molar-refractivity contribution in [3.05, 3.63) is 78.8 Å². The molecule has 0 unspecified atom stereocenters. The second kappa shape index (κ2) is 6.22. The molecule has 0 aliphatic carbocycles. The van der Waals surface area contributed by atoms with Gasteiger partial charge in [-0.3, -0.25) is 4.79 Å². The molecule has 4 rings (SSSR count). The summed E-state index contributed by atoms with van der Waals surface area (Å²) in [5.41, 5.74) is 0.554. The van der Waals surface area contributed by atoms with Crippen LogP contribution in [0.15, 0.2) is 47.3 Å². The smallest absolute Gasteiger partial charge is 0.266 e. The quantitative estimate of drug-likeness (QED) is 0.521. The Morgan fingerprint density at radius 3 is 2.56 bits per heavy atom. The molecule has 0 radical (unpaired) electrons. The minimum absolute atomic E-state index is 0.170. The van der Waals surface area contributed by atoms with Gasteiger partial charge in [-0.25, -0.2) is 4.39 Å². The van der Waals surface area contributed by atoms with Crippen LogP contribution in [0, 0.1) is 5.82 Å². The van der Waals surface area contributed by atoms with Crippen molar-refractivity contribution in [2.45, 2.75) is 0 Å². The summed E-state index contributed by atoms with van der Waals surface area (Å²) in [6, 6.07) is 11.4. The Balaban J connectivity index is 1.85. The van der Waals surface area contributed by atoms with Gasteiger partial charge in [-0.05, 0) is 42.5 Å². The molecule has 0 spiro atoms. The summed E-state index contributed by atoms with van der Waals surface area (Å²) in [7, 11) is 0. The van der Waals surface area contributed by atoms with E-state index in [0.717, 1.165) is 16.9 Å². The van der Waals surface area contributed by atoms with Gasteiger partial charge in [-0.1, -0.05) is 40.6 Å². The summed E-state index contributed by atoms with van der Waals surface area (Å²) >= 11 is 13.0. The lowest BCUT2D eigenvalue weighted by Crippen LogP contribution is -2.23. The van der Waals surface area contributed by atoms with Crippen molar-refractivity contribution in [3.63, 3.8) is 0 Å². The standard InChI is InChI=1S/C17H8Cl2FN3OS/c18-10-6-4-9(5-7-10)15-21-17-23(22-15)16(24)14(25-17)8-11-12(19)2-1-3-13(11)20/h1-8H/b14-8-. The van der Waals surface area contributed by atoms with Gasteiger partial charge in [0.05, 0.1) is 9.55 Å². The summed E-state index contributed by atoms with van der Waals surface area (Å²) in [4.78, 5) is 17.3. The highest BCUT2D eigenvalue weighted by molar-refractivity contribution is 7.15. The maximum atomic E-state index is 13.9. The van der Waals surface area contributed by atoms with Crippen molar-refractivity contribution in [2.24, 2.45) is 0 Å². The Morgan fingerprint density at radius 2 is 1.88 bits per heavy atom. The number of aromatic nitrogens is 3. The number of fused-ring (bicyclic) bond motifs is 1. The summed E-state index contributed by atoms with van der Waals surface area (Å²) in [6.45, 7) is 0. The molecule has 0 saturated heterocycles. The van der Waals surface area contributed by atoms with Crippen LogP contribution in [-0.4, -0.2) is 14.6 Å². The Kier molecular flexibility index (Phi) is 4.03. The fourth-order valence-corrected chi connectivity index (χ4v) is 3.57. The molecule has 25 heavy (non-hydrogen) atoms. The normalized spacial score (nSPS) is 12.2. The SMILES string of the molecule is O=c1/c(=C/c2c(F)cccc2Cl)sc2nc(-c3ccc(Cl)cc3)nn12. The maximum Gasteiger partial charge on any atom is 0.291 e. The number of thiazole rings is 1. The van der Waals surface area contributed by atoms with Crippen LogP contribution in [0.1, 0.15) is 5.56 Å². The molecule has 0 fully saturated rings. The second-order valence-electron chi connectivity index (χ2n) is 5.19. The van der Waals surface area contributed by atoms with E-state index in [2.05, 4.69) is 10.1 Å². The van der Waals surface area contributed by atoms with Gasteiger partial charge in [-0.2, -0.15) is 9.50 Å². The number of hydrogen-bond donors (Lipinski definition) is 0. The zero-order valence-electron chi connectivity index (χ0n) is 12.4. The third kappa shape index (κ3) is 2.93. The predicted octanol–water partition coefficient (Wildman–Crippen LogP) is 3.81. The molecule has 0 saturated carbocycles. The highest BCUT2D eigenvalue weighted by Crippen LogP contribution is 2.21. The third-order valence-corrected chi connectivity index (χ3v) is 5.10. The number of halogens is 3. The third-order valence-electron chi connectivity index (χ3n) is 3.56. The van der Waals surface area contributed by atoms with Gasteiger partial charge in [0.25, 0.3) is 5.56 Å². The highest BCUT2D eigenvalue weighted by Gasteiger charge is 2.13. The fraction of sp³-hybridized carbons (Fsp3) is 0. The zero-order chi connectivity index (χ0) is 17.6. The van der Waals surface area contributed by atoms with Crippen molar-refractivity contribution in [2.75, 3.05) is 0 Å². The van der Waals surface area contributed by atoms with Crippen LogP contribution in [0.5, 0.6) is 0 Å². The van der Waals surface area contributed by atoms with Gasteiger partial charge in [0.15, 0.2) is 5.82 Å². The fourth-order valence-electron chi connectivity index (χ4n) is 2.33. The summed E-state index contributed by atoms with van der Waals surface area (Å²) in [5.74, 6) is -0.0664. The van der Waals surface area contributed by atoms with E-state index in [4.69, 9.17) is 23.2 Å². The Hall–Kier alpha value is -2.28. The molecule has 2 aromatic heterocycles. The van der Waals surface area contributed by atoms with Crippen molar-refractivity contribution in [1.29, 1.82) is 0 Å². The molecule has 4 aromatic rings. The van der Waals surface area contributed by atoms with Gasteiger partial charge in [0, 0.05) is 16.1 Å². The Morgan fingerprint density at radius 1 is 1.12 bits per heavy atom. The molecule has 0 aliphatic rings. The van der Waals surface area contributed by atoms with Crippen LogP contribution >= 0.6 is 34.5 Å². The molecule has 0 aliphatic heterocycles. The van der Waals surface area contributed by atoms with Crippen molar-refractivity contribution in [1.82, 2.24) is 14.6 Å². The minimum Gasteiger partial charge on any atom is -0.266 e. The van der Waals surface area contributed by atoms with E-state index in [-0.39, 0.29) is 16.1 Å². The monoisotopic (exact) mass is 391 g/mol. The average Bonchev–Trinajstić information content (AvgIpc) is 3.12. The molecule has 8 heteroatoms. The first kappa shape index (κ1) is 16.2. The largest absolute Gasteiger partial charge is 0.291 e. The van der Waals surface area contributed by atoms with Crippen LogP contribution in [-0.2, 0) is 0 Å². The van der Waals surface area contributed by atoms with Gasteiger partial charge >= 0.3 is 0 Å². The van der Waals surface area contributed by atoms with Gasteiger partial charge in [0.2, 0.25) is 4.96 Å². The average molecular weight is 392 g/mol. The van der Waals surface area contributed by atoms with Crippen LogP contribution in [0.2, 0.25) is 10.0 Å². The molecule has 124 valence electrons. The number of nitrogens with zero attached hydrogens (tertiary/aromatic N) is 3. The maximum absolute atomic E-state index is 13.9. The summed E-state index contributed by atoms with van der Waals surface area (Å²) < 4.78 is 15.4. The van der Waals surface area contributed by atoms with Crippen molar-refractivity contribution >= 4 is 45.6 Å². The Bertz CT molecular complexity index is 1180. The minimum atomic E-state index is -0.493. The van der Waals surface area contributed by atoms with E-state index in [1.54, 1.807) is 30.3 Å². The van der Waals surface area contributed by atoms with E-state index in [9.17, 15) is 9.18 Å². The van der Waals surface area contributed by atoms with E-state index < -0.39 is 5.82 Å². The molecule has 0 atom stereocenters. The second-order valence-corrected chi connectivity index (χ2v) is 7.04. The summed E-state index contributed by atoms with van der Waals surface area (Å²) in [6.07, 6.45) is 1.42. The van der Waals surface area contributed by atoms with Crippen LogP contribution < -0.4 is 10.1 Å². The number of rotatable bonds is 2. The van der Waals surface area contributed by atoms with Gasteiger partial charge < -0.3 is 0 Å². The first-order valence-electron chi connectivity index (χ1n) is 7.14. The van der Waals surface area contributed by atoms with Crippen molar-refractivity contribution in [3.8, 4) is 11.4 Å². The lowest BCUT2D eigenvalue weighted by molar-refractivity contribution is 0.625. The molecule has 2 heterocycles. The van der Waals surface area contributed by atoms with Crippen LogP contribution in [0.25, 0.3) is 22.4 Å². The topological polar surface area (TPSA) is 47.3 Å². The van der Waals surface area contributed by atoms with Crippen LogP contribution in [0.4, 0.5) is 4.39 Å². The van der Waals surface area contributed by atoms with Gasteiger partial charge in [0.1, 0.15) is 5.82 Å². The molecular weight excluding hydrogens is 384 g/mol. The van der Waals surface area contributed by atoms with E-state index in [1.165, 1.54) is 22.7 Å². The molecule has 0 N–H and O–H groups in total. The molecule has 4 nitrogen and oxygen atoms in total. The molecular formula is C17H8Cl2FN3OS. The summed E-state index contributed by atoms with van der Waals surface area (Å²) in [5, 5.41) is 5.07. The molecule has 0 amide bonds. The predicted molar refractivity (Wildman–Crippen MR) is 97.8 cm³/mol. The molecule has 0 bridgehead atoms. The number of benzene rings is 2. The lowest BCUT2D eigenvalue weighted by Gasteiger charge is -1.97. The van der Waals surface area contributed by atoms with E-state index in [1.807, 2.05) is 0 Å². The van der Waals surface area contributed by atoms with Crippen LogP contribution in [0.3, 0.4) is 0 Å².